The number of rotatable bonds is 9. The molecule has 0 bridgehead atoms. The van der Waals surface area contributed by atoms with E-state index in [0.717, 1.165) is 16.8 Å². The fraction of sp³-hybridized carbons (Fsp3) is 0.160. The molecule has 2 amide bonds. The summed E-state index contributed by atoms with van der Waals surface area (Å²) in [6.07, 6.45) is 6.17. The van der Waals surface area contributed by atoms with E-state index < -0.39 is 11.9 Å². The molecule has 1 unspecified atom stereocenters. The number of hydrogen-bond acceptors (Lipinski definition) is 4. The summed E-state index contributed by atoms with van der Waals surface area (Å²) in [7, 11) is 0. The van der Waals surface area contributed by atoms with Crippen LogP contribution in [0.25, 0.3) is 5.69 Å². The third kappa shape index (κ3) is 5.51. The van der Waals surface area contributed by atoms with Crippen molar-refractivity contribution in [1.29, 1.82) is 0 Å². The molecule has 32 heavy (non-hydrogen) atoms. The lowest BCUT2D eigenvalue weighted by molar-refractivity contribution is -0.122. The van der Waals surface area contributed by atoms with Crippen LogP contribution in [0.3, 0.4) is 0 Å². The Kier molecular flexibility index (Phi) is 6.77. The van der Waals surface area contributed by atoms with Crippen LogP contribution in [0.5, 0.6) is 0 Å². The first-order chi connectivity index (χ1) is 15.7. The molecule has 0 aliphatic rings. The first kappa shape index (κ1) is 21.1. The summed E-state index contributed by atoms with van der Waals surface area (Å²) in [5.74, 6) is -0.497. The summed E-state index contributed by atoms with van der Waals surface area (Å²) >= 11 is 0. The monoisotopic (exact) mass is 428 g/mol. The van der Waals surface area contributed by atoms with E-state index in [1.54, 1.807) is 23.0 Å². The molecule has 0 aliphatic carbocycles. The summed E-state index contributed by atoms with van der Waals surface area (Å²) in [5.41, 5.74) is 2.94. The summed E-state index contributed by atoms with van der Waals surface area (Å²) in [5, 5.41) is 10.1. The number of aromatic nitrogens is 2. The van der Waals surface area contributed by atoms with Gasteiger partial charge in [0.05, 0.1) is 18.1 Å². The van der Waals surface area contributed by atoms with Crippen molar-refractivity contribution in [2.75, 3.05) is 6.54 Å². The zero-order valence-electron chi connectivity index (χ0n) is 17.5. The number of para-hydroxylation sites is 1. The number of amides is 2. The molecule has 0 radical (unpaired) electrons. The highest BCUT2D eigenvalue weighted by Crippen LogP contribution is 2.09. The second kappa shape index (κ2) is 10.3. The lowest BCUT2D eigenvalue weighted by atomic mass is 10.0. The van der Waals surface area contributed by atoms with Crippen molar-refractivity contribution in [2.24, 2.45) is 0 Å². The predicted octanol–water partition coefficient (Wildman–Crippen LogP) is 3.17. The maximum absolute atomic E-state index is 12.9. The molecule has 2 N–H and O–H groups in total. The van der Waals surface area contributed by atoms with Crippen LogP contribution in [-0.4, -0.2) is 34.2 Å². The van der Waals surface area contributed by atoms with Crippen LogP contribution < -0.4 is 10.6 Å². The van der Waals surface area contributed by atoms with Crippen molar-refractivity contribution >= 4 is 11.8 Å². The van der Waals surface area contributed by atoms with Gasteiger partial charge in [-0.15, -0.1) is 0 Å². The number of carbonyl (C=O) groups is 2. The molecule has 0 fully saturated rings. The third-order valence-corrected chi connectivity index (χ3v) is 5.02. The molecule has 0 saturated carbocycles. The third-order valence-electron chi connectivity index (χ3n) is 5.02. The maximum Gasteiger partial charge on any atom is 0.287 e. The second-order valence-electron chi connectivity index (χ2n) is 7.36. The van der Waals surface area contributed by atoms with Gasteiger partial charge in [-0.3, -0.25) is 9.59 Å². The fourth-order valence-corrected chi connectivity index (χ4v) is 3.36. The smallest absolute Gasteiger partial charge is 0.287 e. The normalized spacial score (nSPS) is 11.6. The van der Waals surface area contributed by atoms with E-state index in [1.165, 1.54) is 6.26 Å². The largest absolute Gasteiger partial charge is 0.459 e. The van der Waals surface area contributed by atoms with E-state index in [1.807, 2.05) is 66.9 Å². The molecule has 2 aromatic carbocycles. The number of benzene rings is 2. The molecule has 4 rings (SSSR count). The SMILES string of the molecule is O=C(NC(Cc1ccccc1)C(=O)NCCc1cnn(-c2ccccc2)c1)c1ccco1. The van der Waals surface area contributed by atoms with E-state index >= 15 is 0 Å². The van der Waals surface area contributed by atoms with Crippen molar-refractivity contribution in [3.63, 3.8) is 0 Å². The standard InChI is InChI=1S/C25H24N4O3/c30-24(26-14-13-20-17-27-29(18-20)21-10-5-2-6-11-21)22(16-19-8-3-1-4-9-19)28-25(31)23-12-7-15-32-23/h1-12,15,17-18,22H,13-14,16H2,(H,26,30)(H,28,31). The lowest BCUT2D eigenvalue weighted by Crippen LogP contribution is -2.48. The van der Waals surface area contributed by atoms with E-state index in [-0.39, 0.29) is 11.7 Å². The van der Waals surface area contributed by atoms with Gasteiger partial charge in [0.1, 0.15) is 6.04 Å². The van der Waals surface area contributed by atoms with E-state index in [9.17, 15) is 9.59 Å². The maximum atomic E-state index is 12.9. The van der Waals surface area contributed by atoms with Crippen molar-refractivity contribution in [3.05, 3.63) is 108 Å². The molecule has 1 atom stereocenters. The average molecular weight is 428 g/mol. The van der Waals surface area contributed by atoms with Crippen LogP contribution in [0.2, 0.25) is 0 Å². The first-order valence-corrected chi connectivity index (χ1v) is 10.4. The quantitative estimate of drug-likeness (QED) is 0.429. The zero-order valence-corrected chi connectivity index (χ0v) is 17.5. The molecule has 2 heterocycles. The Morgan fingerprint density at radius 3 is 2.41 bits per heavy atom. The molecular formula is C25H24N4O3. The molecule has 7 heteroatoms. The predicted molar refractivity (Wildman–Crippen MR) is 120 cm³/mol. The minimum Gasteiger partial charge on any atom is -0.459 e. The van der Waals surface area contributed by atoms with Crippen LogP contribution in [0.1, 0.15) is 21.7 Å². The highest BCUT2D eigenvalue weighted by Gasteiger charge is 2.22. The lowest BCUT2D eigenvalue weighted by Gasteiger charge is -2.18. The Morgan fingerprint density at radius 2 is 1.69 bits per heavy atom. The van der Waals surface area contributed by atoms with E-state index in [4.69, 9.17) is 4.42 Å². The Bertz CT molecular complexity index is 1140. The number of furan rings is 1. The first-order valence-electron chi connectivity index (χ1n) is 10.4. The van der Waals surface area contributed by atoms with Gasteiger partial charge in [0, 0.05) is 19.2 Å². The Labute approximate surface area is 186 Å². The van der Waals surface area contributed by atoms with Crippen molar-refractivity contribution in [3.8, 4) is 5.69 Å². The molecule has 0 spiro atoms. The minimum atomic E-state index is -0.720. The van der Waals surface area contributed by atoms with Crippen molar-refractivity contribution < 1.29 is 14.0 Å². The van der Waals surface area contributed by atoms with E-state index in [0.29, 0.717) is 19.4 Å². The fourth-order valence-electron chi connectivity index (χ4n) is 3.36. The van der Waals surface area contributed by atoms with Gasteiger partial charge in [-0.05, 0) is 41.8 Å². The molecule has 0 saturated heterocycles. The summed E-state index contributed by atoms with van der Waals surface area (Å²) in [6.45, 7) is 0.432. The van der Waals surface area contributed by atoms with Crippen molar-refractivity contribution in [2.45, 2.75) is 18.9 Å². The van der Waals surface area contributed by atoms with Crippen LogP contribution >= 0.6 is 0 Å². The van der Waals surface area contributed by atoms with Gasteiger partial charge in [0.25, 0.3) is 5.91 Å². The van der Waals surface area contributed by atoms with Gasteiger partial charge in [-0.25, -0.2) is 4.68 Å². The van der Waals surface area contributed by atoms with Crippen LogP contribution in [0.4, 0.5) is 0 Å². The number of nitrogens with one attached hydrogen (secondary N) is 2. The molecule has 2 aromatic heterocycles. The van der Waals surface area contributed by atoms with Crippen LogP contribution in [0, 0.1) is 0 Å². The van der Waals surface area contributed by atoms with Crippen LogP contribution in [0.15, 0.2) is 95.9 Å². The number of carbonyl (C=O) groups excluding carboxylic acids is 2. The highest BCUT2D eigenvalue weighted by atomic mass is 16.3. The van der Waals surface area contributed by atoms with Gasteiger partial charge in [0.2, 0.25) is 5.91 Å². The Morgan fingerprint density at radius 1 is 0.938 bits per heavy atom. The van der Waals surface area contributed by atoms with Gasteiger partial charge in [0.15, 0.2) is 5.76 Å². The summed E-state index contributed by atoms with van der Waals surface area (Å²) in [4.78, 5) is 25.3. The molecule has 7 nitrogen and oxygen atoms in total. The van der Waals surface area contributed by atoms with Gasteiger partial charge < -0.3 is 15.1 Å². The number of hydrogen-bond donors (Lipinski definition) is 2. The summed E-state index contributed by atoms with van der Waals surface area (Å²) in [6, 6.07) is 21.9. The van der Waals surface area contributed by atoms with E-state index in [2.05, 4.69) is 15.7 Å². The average Bonchev–Trinajstić information content (AvgIpc) is 3.53. The molecule has 4 aromatic rings. The molecular weight excluding hydrogens is 404 g/mol. The minimum absolute atomic E-state index is 0.171. The Balaban J connectivity index is 1.36. The highest BCUT2D eigenvalue weighted by molar-refractivity contribution is 5.95. The second-order valence-corrected chi connectivity index (χ2v) is 7.36. The van der Waals surface area contributed by atoms with Gasteiger partial charge in [-0.1, -0.05) is 48.5 Å². The molecule has 0 aliphatic heterocycles. The molecule has 162 valence electrons. The zero-order chi connectivity index (χ0) is 22.2. The summed E-state index contributed by atoms with van der Waals surface area (Å²) < 4.78 is 6.96. The van der Waals surface area contributed by atoms with Crippen LogP contribution in [-0.2, 0) is 17.6 Å². The van der Waals surface area contributed by atoms with Gasteiger partial charge >= 0.3 is 0 Å². The Hall–Kier alpha value is -4.13. The number of nitrogens with zero attached hydrogens (tertiary/aromatic N) is 2. The topological polar surface area (TPSA) is 89.2 Å². The van der Waals surface area contributed by atoms with Crippen molar-refractivity contribution in [1.82, 2.24) is 20.4 Å². The van der Waals surface area contributed by atoms with Gasteiger partial charge in [-0.2, -0.15) is 5.10 Å².